The van der Waals surface area contributed by atoms with Gasteiger partial charge >= 0.3 is 5.97 Å². The number of carbonyl (C=O) groups is 3. The van der Waals surface area contributed by atoms with Crippen LogP contribution in [0.4, 0.5) is 5.00 Å². The van der Waals surface area contributed by atoms with Crippen LogP contribution in [0.2, 0.25) is 0 Å². The molecule has 0 radical (unpaired) electrons. The van der Waals surface area contributed by atoms with Crippen molar-refractivity contribution in [2.45, 2.75) is 58.2 Å². The molecule has 142 valence electrons. The molecular weight excluding hydrogens is 356 g/mol. The molecule has 1 aromatic heterocycles. The van der Waals surface area contributed by atoms with Gasteiger partial charge in [0.1, 0.15) is 10.4 Å². The summed E-state index contributed by atoms with van der Waals surface area (Å²) in [5.41, 5.74) is 4.24. The van der Waals surface area contributed by atoms with Crippen LogP contribution in [0.5, 0.6) is 0 Å². The van der Waals surface area contributed by atoms with Gasteiger partial charge in [0.05, 0.1) is 16.8 Å². The first-order chi connectivity index (χ1) is 11.8. The number of hydrogen-bond acceptors (Lipinski definition) is 5. The highest BCUT2D eigenvalue weighted by Gasteiger charge is 2.59. The van der Waals surface area contributed by atoms with Crippen molar-refractivity contribution in [3.8, 4) is 0 Å². The van der Waals surface area contributed by atoms with E-state index in [4.69, 9.17) is 10.5 Å². The van der Waals surface area contributed by atoms with Crippen LogP contribution in [0.3, 0.4) is 0 Å². The van der Waals surface area contributed by atoms with Crippen LogP contribution in [0.25, 0.3) is 0 Å². The fourth-order valence-electron chi connectivity index (χ4n) is 3.85. The Bertz CT molecular complexity index is 820. The third-order valence-electron chi connectivity index (χ3n) is 5.09. The van der Waals surface area contributed by atoms with Crippen LogP contribution in [0.1, 0.15) is 61.3 Å². The fraction of sp³-hybridized carbons (Fsp3) is 0.611. The molecule has 2 amide bonds. The summed E-state index contributed by atoms with van der Waals surface area (Å²) in [4.78, 5) is 38.7. The Morgan fingerprint density at radius 1 is 1.19 bits per heavy atom. The highest BCUT2D eigenvalue weighted by Crippen LogP contribution is 2.52. The van der Waals surface area contributed by atoms with E-state index in [1.54, 1.807) is 0 Å². The van der Waals surface area contributed by atoms with E-state index in [0.717, 1.165) is 10.4 Å². The molecule has 3 rings (SSSR count). The SMILES string of the molecule is CN(C(=O)C1(C(=O)O)CC1)c1sc2c(c1C(N)=O)CC(C)(C)OC2(C)C. The first-order valence-electron chi connectivity index (χ1n) is 8.50. The summed E-state index contributed by atoms with van der Waals surface area (Å²) in [5.74, 6) is -2.25. The molecule has 0 spiro atoms. The van der Waals surface area contributed by atoms with Crippen molar-refractivity contribution in [1.29, 1.82) is 0 Å². The minimum absolute atomic E-state index is 0.298. The van der Waals surface area contributed by atoms with Gasteiger partial charge < -0.3 is 20.5 Å². The van der Waals surface area contributed by atoms with Crippen LogP contribution in [-0.4, -0.2) is 35.5 Å². The zero-order chi connectivity index (χ0) is 19.7. The van der Waals surface area contributed by atoms with Crippen LogP contribution >= 0.6 is 11.3 Å². The number of ether oxygens (including phenoxy) is 1. The summed E-state index contributed by atoms with van der Waals surface area (Å²) >= 11 is 1.28. The van der Waals surface area contributed by atoms with Gasteiger partial charge in [0.15, 0.2) is 0 Å². The number of amides is 2. The standard InChI is InChI=1S/C18H24N2O5S/c1-16(2)8-9-10(12(19)21)13(26-11(9)17(3,4)25-16)20(5)14(22)18(6-7-18)15(23)24/h6-8H2,1-5H3,(H2,19,21)(H,23,24). The molecule has 8 heteroatoms. The van der Waals surface area contributed by atoms with Crippen LogP contribution in [0, 0.1) is 5.41 Å². The number of hydrogen-bond donors (Lipinski definition) is 2. The minimum atomic E-state index is -1.38. The van der Waals surface area contributed by atoms with Gasteiger partial charge in [-0.3, -0.25) is 14.4 Å². The molecule has 1 fully saturated rings. The average molecular weight is 380 g/mol. The number of nitrogens with two attached hydrogens (primary N) is 1. The van der Waals surface area contributed by atoms with Crippen molar-refractivity contribution in [3.05, 3.63) is 16.0 Å². The highest BCUT2D eigenvalue weighted by atomic mass is 32.1. The summed E-state index contributed by atoms with van der Waals surface area (Å²) in [5, 5.41) is 9.80. The Morgan fingerprint density at radius 2 is 1.77 bits per heavy atom. The van der Waals surface area contributed by atoms with Gasteiger partial charge in [0.25, 0.3) is 5.91 Å². The van der Waals surface area contributed by atoms with E-state index in [9.17, 15) is 19.5 Å². The van der Waals surface area contributed by atoms with Crippen molar-refractivity contribution in [2.75, 3.05) is 11.9 Å². The van der Waals surface area contributed by atoms with E-state index in [1.807, 2.05) is 27.7 Å². The molecular formula is C18H24N2O5S. The second kappa shape index (κ2) is 5.53. The first kappa shape index (κ1) is 18.8. The Labute approximate surface area is 156 Å². The van der Waals surface area contributed by atoms with Gasteiger partial charge in [0.2, 0.25) is 5.91 Å². The third kappa shape index (κ3) is 2.72. The van der Waals surface area contributed by atoms with Crippen LogP contribution in [0.15, 0.2) is 0 Å². The highest BCUT2D eigenvalue weighted by molar-refractivity contribution is 7.17. The molecule has 3 N–H and O–H groups in total. The number of anilines is 1. The van der Waals surface area contributed by atoms with E-state index < -0.39 is 34.4 Å². The quantitative estimate of drug-likeness (QED) is 0.779. The number of fused-ring (bicyclic) bond motifs is 1. The van der Waals surface area contributed by atoms with Crippen molar-refractivity contribution < 1.29 is 24.2 Å². The molecule has 1 aromatic rings. The van der Waals surface area contributed by atoms with Gasteiger partial charge in [-0.2, -0.15) is 0 Å². The van der Waals surface area contributed by atoms with Gasteiger partial charge in [-0.25, -0.2) is 0 Å². The number of aliphatic carboxylic acids is 1. The Balaban J connectivity index is 2.12. The van der Waals surface area contributed by atoms with Gasteiger partial charge in [-0.1, -0.05) is 0 Å². The minimum Gasteiger partial charge on any atom is -0.480 e. The maximum absolute atomic E-state index is 12.8. The van der Waals surface area contributed by atoms with Gasteiger partial charge in [0, 0.05) is 18.3 Å². The Morgan fingerprint density at radius 3 is 2.23 bits per heavy atom. The molecule has 0 bridgehead atoms. The van der Waals surface area contributed by atoms with E-state index in [0.29, 0.717) is 29.8 Å². The average Bonchev–Trinajstić information content (AvgIpc) is 3.19. The van der Waals surface area contributed by atoms with Crippen LogP contribution in [-0.2, 0) is 26.3 Å². The molecule has 0 unspecified atom stereocenters. The van der Waals surface area contributed by atoms with Crippen LogP contribution < -0.4 is 10.6 Å². The van der Waals surface area contributed by atoms with E-state index in [2.05, 4.69) is 0 Å². The zero-order valence-electron chi connectivity index (χ0n) is 15.6. The van der Waals surface area contributed by atoms with Crippen molar-refractivity contribution in [2.24, 2.45) is 11.1 Å². The molecule has 26 heavy (non-hydrogen) atoms. The number of carboxylic acid groups (broad SMARTS) is 1. The summed E-state index contributed by atoms with van der Waals surface area (Å²) in [6.07, 6.45) is 1.11. The second-order valence-electron chi connectivity index (χ2n) is 8.25. The molecule has 1 aliphatic carbocycles. The number of carbonyl (C=O) groups excluding carboxylic acids is 2. The maximum atomic E-state index is 12.8. The molecule has 0 aromatic carbocycles. The van der Waals surface area contributed by atoms with Gasteiger partial charge in [-0.15, -0.1) is 11.3 Å². The maximum Gasteiger partial charge on any atom is 0.319 e. The lowest BCUT2D eigenvalue weighted by molar-refractivity contribution is -0.148. The Hall–Kier alpha value is -1.93. The topological polar surface area (TPSA) is 110 Å². The third-order valence-corrected chi connectivity index (χ3v) is 6.71. The van der Waals surface area contributed by atoms with Crippen molar-refractivity contribution >= 4 is 34.1 Å². The largest absolute Gasteiger partial charge is 0.480 e. The molecule has 1 saturated carbocycles. The summed E-state index contributed by atoms with van der Waals surface area (Å²) in [7, 11) is 1.51. The second-order valence-corrected chi connectivity index (χ2v) is 9.25. The number of primary amides is 1. The lowest BCUT2D eigenvalue weighted by Gasteiger charge is -2.41. The van der Waals surface area contributed by atoms with Crippen molar-refractivity contribution in [1.82, 2.24) is 0 Å². The fourth-order valence-corrected chi connectivity index (χ4v) is 5.18. The predicted molar refractivity (Wildman–Crippen MR) is 97.4 cm³/mol. The van der Waals surface area contributed by atoms with Gasteiger partial charge in [-0.05, 0) is 46.1 Å². The molecule has 0 saturated heterocycles. The smallest absolute Gasteiger partial charge is 0.319 e. The molecule has 2 aliphatic rings. The number of nitrogens with zero attached hydrogens (tertiary/aromatic N) is 1. The van der Waals surface area contributed by atoms with E-state index >= 15 is 0 Å². The normalized spacial score (nSPS) is 21.6. The number of rotatable bonds is 4. The predicted octanol–water partition coefficient (Wildman–Crippen LogP) is 2.26. The summed E-state index contributed by atoms with van der Waals surface area (Å²) in [6.45, 7) is 7.72. The Kier molecular flexibility index (Phi) is 4.01. The first-order valence-corrected chi connectivity index (χ1v) is 9.32. The van der Waals surface area contributed by atoms with Crippen molar-refractivity contribution in [3.63, 3.8) is 0 Å². The molecule has 7 nitrogen and oxygen atoms in total. The molecule has 1 aliphatic heterocycles. The summed E-state index contributed by atoms with van der Waals surface area (Å²) in [6, 6.07) is 0. The monoisotopic (exact) mass is 380 g/mol. The molecule has 0 atom stereocenters. The van der Waals surface area contributed by atoms with E-state index in [-0.39, 0.29) is 0 Å². The zero-order valence-corrected chi connectivity index (χ0v) is 16.5. The summed E-state index contributed by atoms with van der Waals surface area (Å²) < 4.78 is 6.15. The molecule has 2 heterocycles. The lowest BCUT2D eigenvalue weighted by atomic mass is 9.86. The number of carboxylic acids is 1. The lowest BCUT2D eigenvalue weighted by Crippen LogP contribution is -2.42. The van der Waals surface area contributed by atoms with E-state index in [1.165, 1.54) is 23.3 Å². The number of thiophene rings is 1.